The van der Waals surface area contributed by atoms with Gasteiger partial charge in [-0.25, -0.2) is 4.98 Å². The number of rotatable bonds is 3. The van der Waals surface area contributed by atoms with Crippen molar-refractivity contribution in [1.29, 1.82) is 0 Å². The molecule has 2 N–H and O–H groups in total. The van der Waals surface area contributed by atoms with Crippen LogP contribution in [0, 0.1) is 0 Å². The summed E-state index contributed by atoms with van der Waals surface area (Å²) < 4.78 is 1.62. The van der Waals surface area contributed by atoms with Crippen molar-refractivity contribution in [2.75, 3.05) is 0 Å². The lowest BCUT2D eigenvalue weighted by Gasteiger charge is -1.95. The van der Waals surface area contributed by atoms with E-state index in [9.17, 15) is 0 Å². The summed E-state index contributed by atoms with van der Waals surface area (Å²) in [4.78, 5) is 4.10. The highest BCUT2D eigenvalue weighted by Crippen LogP contribution is 2.04. The quantitative estimate of drug-likeness (QED) is 0.640. The lowest BCUT2D eigenvalue weighted by molar-refractivity contribution is 0.425. The molecular weight excluding hydrogens is 201 g/mol. The van der Waals surface area contributed by atoms with Gasteiger partial charge < -0.3 is 10.0 Å². The summed E-state index contributed by atoms with van der Waals surface area (Å²) in [5.74, 6) is 0. The van der Waals surface area contributed by atoms with Crippen LogP contribution in [0.25, 0.3) is 0 Å². The first-order chi connectivity index (χ1) is 6.75. The Morgan fingerprint density at radius 2 is 2.36 bits per heavy atom. The molecule has 0 aliphatic heterocycles. The van der Waals surface area contributed by atoms with Crippen molar-refractivity contribution in [1.82, 2.24) is 14.8 Å². The van der Waals surface area contributed by atoms with Gasteiger partial charge in [0, 0.05) is 29.4 Å². The molecule has 0 aromatic carbocycles. The van der Waals surface area contributed by atoms with E-state index in [1.807, 2.05) is 5.38 Å². The van der Waals surface area contributed by atoms with E-state index in [0.717, 1.165) is 5.01 Å². The van der Waals surface area contributed by atoms with Crippen LogP contribution in [0.4, 0.5) is 0 Å². The van der Waals surface area contributed by atoms with Gasteiger partial charge in [-0.2, -0.15) is 5.10 Å². The van der Waals surface area contributed by atoms with Crippen LogP contribution in [-0.4, -0.2) is 31.9 Å². The van der Waals surface area contributed by atoms with Gasteiger partial charge in [0.15, 0.2) is 0 Å². The fourth-order valence-corrected chi connectivity index (χ4v) is 1.68. The first-order valence-corrected chi connectivity index (χ1v) is 4.90. The van der Waals surface area contributed by atoms with Gasteiger partial charge >= 0.3 is 7.12 Å². The first kappa shape index (κ1) is 9.38. The Morgan fingerprint density at radius 3 is 2.93 bits per heavy atom. The second-order valence-corrected chi connectivity index (χ2v) is 3.75. The molecule has 0 saturated carbocycles. The highest BCUT2D eigenvalue weighted by atomic mass is 32.1. The van der Waals surface area contributed by atoms with Crippen LogP contribution in [0.3, 0.4) is 0 Å². The number of thiazole rings is 1. The SMILES string of the molecule is OB(O)c1cnn(Cc2nccs2)c1. The molecule has 2 aromatic heterocycles. The molecule has 0 saturated heterocycles. The molecule has 5 nitrogen and oxygen atoms in total. The van der Waals surface area contributed by atoms with Crippen LogP contribution in [0.15, 0.2) is 24.0 Å². The predicted octanol–water partition coefficient (Wildman–Crippen LogP) is -0.932. The van der Waals surface area contributed by atoms with Crippen LogP contribution >= 0.6 is 11.3 Å². The van der Waals surface area contributed by atoms with Gasteiger partial charge in [-0.15, -0.1) is 11.3 Å². The summed E-state index contributed by atoms with van der Waals surface area (Å²) in [6.45, 7) is 0.560. The molecule has 2 aromatic rings. The average Bonchev–Trinajstić information content (AvgIpc) is 2.75. The van der Waals surface area contributed by atoms with Crippen molar-refractivity contribution < 1.29 is 10.0 Å². The number of hydrogen-bond donors (Lipinski definition) is 2. The summed E-state index contributed by atoms with van der Waals surface area (Å²) >= 11 is 1.54. The Balaban J connectivity index is 2.11. The smallest absolute Gasteiger partial charge is 0.423 e. The van der Waals surface area contributed by atoms with E-state index in [4.69, 9.17) is 10.0 Å². The van der Waals surface area contributed by atoms with Crippen LogP contribution < -0.4 is 5.46 Å². The second kappa shape index (κ2) is 3.91. The third-order valence-corrected chi connectivity index (χ3v) is 2.50. The van der Waals surface area contributed by atoms with E-state index in [2.05, 4.69) is 10.1 Å². The Kier molecular flexibility index (Phi) is 2.62. The summed E-state index contributed by atoms with van der Waals surface area (Å²) in [6, 6.07) is 0. The minimum absolute atomic E-state index is 0.390. The Bertz CT molecular complexity index is 401. The minimum atomic E-state index is -1.46. The van der Waals surface area contributed by atoms with Crippen molar-refractivity contribution in [2.45, 2.75) is 6.54 Å². The molecule has 0 fully saturated rings. The van der Waals surface area contributed by atoms with E-state index < -0.39 is 7.12 Å². The average molecular weight is 209 g/mol. The molecule has 0 atom stereocenters. The Labute approximate surface area is 84.8 Å². The molecule has 0 bridgehead atoms. The van der Waals surface area contributed by atoms with Crippen molar-refractivity contribution in [3.8, 4) is 0 Å². The largest absolute Gasteiger partial charge is 0.491 e. The van der Waals surface area contributed by atoms with Gasteiger partial charge in [-0.05, 0) is 0 Å². The van der Waals surface area contributed by atoms with Gasteiger partial charge in [0.25, 0.3) is 0 Å². The van der Waals surface area contributed by atoms with E-state index >= 15 is 0 Å². The van der Waals surface area contributed by atoms with Gasteiger partial charge in [0.05, 0.1) is 6.54 Å². The fraction of sp³-hybridized carbons (Fsp3) is 0.143. The topological polar surface area (TPSA) is 71.2 Å². The molecule has 0 spiro atoms. The molecule has 0 aliphatic carbocycles. The van der Waals surface area contributed by atoms with E-state index in [0.29, 0.717) is 12.0 Å². The molecule has 0 radical (unpaired) electrons. The normalized spacial score (nSPS) is 10.4. The Morgan fingerprint density at radius 1 is 1.50 bits per heavy atom. The third kappa shape index (κ3) is 2.01. The fourth-order valence-electron chi connectivity index (χ4n) is 1.07. The number of aromatic nitrogens is 3. The standard InChI is InChI=1S/C7H8BN3O2S/c12-8(13)6-3-10-11(4-6)5-7-9-1-2-14-7/h1-4,12-13H,5H2. The van der Waals surface area contributed by atoms with Crippen molar-refractivity contribution in [3.05, 3.63) is 29.0 Å². The maximum atomic E-state index is 8.85. The zero-order valence-electron chi connectivity index (χ0n) is 7.24. The zero-order chi connectivity index (χ0) is 9.97. The predicted molar refractivity (Wildman–Crippen MR) is 53.3 cm³/mol. The summed E-state index contributed by atoms with van der Waals surface area (Å²) in [6.07, 6.45) is 4.75. The molecular formula is C7H8BN3O2S. The molecule has 0 unspecified atom stereocenters. The molecule has 2 heterocycles. The van der Waals surface area contributed by atoms with Crippen LogP contribution in [0.5, 0.6) is 0 Å². The maximum absolute atomic E-state index is 8.85. The summed E-state index contributed by atoms with van der Waals surface area (Å²) in [5, 5.41) is 24.5. The Hall–Kier alpha value is -1.18. The molecule has 2 rings (SSSR count). The summed E-state index contributed by atoms with van der Waals surface area (Å²) in [7, 11) is -1.46. The highest BCUT2D eigenvalue weighted by Gasteiger charge is 2.13. The highest BCUT2D eigenvalue weighted by molar-refractivity contribution is 7.09. The van der Waals surface area contributed by atoms with E-state index in [1.165, 1.54) is 17.5 Å². The third-order valence-electron chi connectivity index (χ3n) is 1.73. The lowest BCUT2D eigenvalue weighted by atomic mass is 9.83. The number of hydrogen-bond acceptors (Lipinski definition) is 5. The lowest BCUT2D eigenvalue weighted by Crippen LogP contribution is -2.28. The van der Waals surface area contributed by atoms with E-state index in [-0.39, 0.29) is 0 Å². The molecule has 0 aliphatic rings. The molecule has 72 valence electrons. The zero-order valence-corrected chi connectivity index (χ0v) is 8.05. The van der Waals surface area contributed by atoms with Gasteiger partial charge in [0.1, 0.15) is 5.01 Å². The van der Waals surface area contributed by atoms with Crippen LogP contribution in [0.2, 0.25) is 0 Å². The molecule has 0 amide bonds. The maximum Gasteiger partial charge on any atom is 0.491 e. The van der Waals surface area contributed by atoms with Gasteiger partial charge in [-0.3, -0.25) is 4.68 Å². The molecule has 14 heavy (non-hydrogen) atoms. The minimum Gasteiger partial charge on any atom is -0.423 e. The molecule has 7 heteroatoms. The summed E-state index contributed by atoms with van der Waals surface area (Å²) in [5.41, 5.74) is 0.390. The van der Waals surface area contributed by atoms with Crippen LogP contribution in [-0.2, 0) is 6.54 Å². The second-order valence-electron chi connectivity index (χ2n) is 2.77. The van der Waals surface area contributed by atoms with E-state index in [1.54, 1.807) is 17.1 Å². The van der Waals surface area contributed by atoms with Crippen molar-refractivity contribution in [3.63, 3.8) is 0 Å². The van der Waals surface area contributed by atoms with Gasteiger partial charge in [-0.1, -0.05) is 0 Å². The monoisotopic (exact) mass is 209 g/mol. The van der Waals surface area contributed by atoms with Crippen LogP contribution in [0.1, 0.15) is 5.01 Å². The first-order valence-electron chi connectivity index (χ1n) is 4.02. The van der Waals surface area contributed by atoms with Crippen molar-refractivity contribution >= 4 is 23.9 Å². The van der Waals surface area contributed by atoms with Crippen molar-refractivity contribution in [2.24, 2.45) is 0 Å². The van der Waals surface area contributed by atoms with Gasteiger partial charge in [0.2, 0.25) is 0 Å². The number of nitrogens with zero attached hydrogens (tertiary/aromatic N) is 3.